The SMILES string of the molecule is Cn1c(SCC(=O)Nc2ccc(N3CCOCC3)cc2)nnc1-c1ccccn1. The molecule has 0 spiro atoms. The molecule has 1 amide bonds. The molecule has 3 heterocycles. The summed E-state index contributed by atoms with van der Waals surface area (Å²) in [6.45, 7) is 3.28. The van der Waals surface area contributed by atoms with E-state index in [4.69, 9.17) is 4.74 Å². The lowest BCUT2D eigenvalue weighted by Crippen LogP contribution is -2.36. The molecule has 8 nitrogen and oxygen atoms in total. The van der Waals surface area contributed by atoms with Crippen LogP contribution in [0, 0.1) is 0 Å². The molecule has 3 aromatic rings. The summed E-state index contributed by atoms with van der Waals surface area (Å²) in [5.74, 6) is 0.836. The Morgan fingerprint density at radius 2 is 1.93 bits per heavy atom. The molecule has 0 atom stereocenters. The lowest BCUT2D eigenvalue weighted by molar-refractivity contribution is -0.113. The number of aromatic nitrogens is 4. The van der Waals surface area contributed by atoms with Gasteiger partial charge in [-0.15, -0.1) is 10.2 Å². The van der Waals surface area contributed by atoms with Crippen LogP contribution in [0.2, 0.25) is 0 Å². The number of hydrogen-bond acceptors (Lipinski definition) is 7. The molecule has 150 valence electrons. The van der Waals surface area contributed by atoms with E-state index in [-0.39, 0.29) is 11.7 Å². The van der Waals surface area contributed by atoms with Crippen LogP contribution in [-0.4, -0.2) is 57.7 Å². The summed E-state index contributed by atoms with van der Waals surface area (Å²) in [5.41, 5.74) is 2.67. The topological polar surface area (TPSA) is 85.2 Å². The van der Waals surface area contributed by atoms with Gasteiger partial charge < -0.3 is 19.5 Å². The Labute approximate surface area is 173 Å². The summed E-state index contributed by atoms with van der Waals surface area (Å²) in [7, 11) is 1.87. The highest BCUT2D eigenvalue weighted by Crippen LogP contribution is 2.22. The zero-order chi connectivity index (χ0) is 20.1. The van der Waals surface area contributed by atoms with E-state index in [1.165, 1.54) is 11.8 Å². The second-order valence-corrected chi connectivity index (χ2v) is 7.51. The van der Waals surface area contributed by atoms with Gasteiger partial charge in [-0.25, -0.2) is 0 Å². The van der Waals surface area contributed by atoms with E-state index in [0.29, 0.717) is 11.0 Å². The summed E-state index contributed by atoms with van der Waals surface area (Å²) in [6, 6.07) is 13.5. The highest BCUT2D eigenvalue weighted by atomic mass is 32.2. The molecule has 0 aliphatic carbocycles. The van der Waals surface area contributed by atoms with Crippen molar-refractivity contribution in [3.05, 3.63) is 48.7 Å². The summed E-state index contributed by atoms with van der Waals surface area (Å²) in [5, 5.41) is 12.0. The van der Waals surface area contributed by atoms with Crippen LogP contribution >= 0.6 is 11.8 Å². The van der Waals surface area contributed by atoms with Gasteiger partial charge >= 0.3 is 0 Å². The second kappa shape index (κ2) is 9.06. The van der Waals surface area contributed by atoms with Crippen molar-refractivity contribution >= 4 is 29.0 Å². The number of ether oxygens (including phenoxy) is 1. The number of morpholine rings is 1. The molecule has 1 N–H and O–H groups in total. The maximum Gasteiger partial charge on any atom is 0.234 e. The maximum absolute atomic E-state index is 12.3. The normalized spacial score (nSPS) is 14.0. The van der Waals surface area contributed by atoms with Crippen molar-refractivity contribution in [2.45, 2.75) is 5.16 Å². The van der Waals surface area contributed by atoms with Crippen molar-refractivity contribution in [1.29, 1.82) is 0 Å². The molecular weight excluding hydrogens is 388 g/mol. The lowest BCUT2D eigenvalue weighted by Gasteiger charge is -2.28. The van der Waals surface area contributed by atoms with Crippen LogP contribution in [0.15, 0.2) is 53.8 Å². The number of benzene rings is 1. The Bertz CT molecular complexity index is 955. The molecular formula is C20H22N6O2S. The number of rotatable bonds is 6. The fourth-order valence-electron chi connectivity index (χ4n) is 3.06. The Morgan fingerprint density at radius 3 is 2.66 bits per heavy atom. The molecule has 29 heavy (non-hydrogen) atoms. The highest BCUT2D eigenvalue weighted by Gasteiger charge is 2.14. The lowest BCUT2D eigenvalue weighted by atomic mass is 10.2. The van der Waals surface area contributed by atoms with Crippen LogP contribution in [0.3, 0.4) is 0 Å². The molecule has 9 heteroatoms. The van der Waals surface area contributed by atoms with Gasteiger partial charge in [-0.3, -0.25) is 9.78 Å². The minimum Gasteiger partial charge on any atom is -0.378 e. The molecule has 1 fully saturated rings. The largest absolute Gasteiger partial charge is 0.378 e. The van der Waals surface area contributed by atoms with Gasteiger partial charge in [0.25, 0.3) is 0 Å². The molecule has 1 aliphatic rings. The quantitative estimate of drug-likeness (QED) is 0.625. The van der Waals surface area contributed by atoms with Crippen molar-refractivity contribution in [2.75, 3.05) is 42.3 Å². The predicted octanol–water partition coefficient (Wildman–Crippen LogP) is 2.44. The van der Waals surface area contributed by atoms with Gasteiger partial charge in [-0.1, -0.05) is 17.8 Å². The van der Waals surface area contributed by atoms with Crippen molar-refractivity contribution in [1.82, 2.24) is 19.7 Å². The van der Waals surface area contributed by atoms with E-state index in [0.717, 1.165) is 43.4 Å². The van der Waals surface area contributed by atoms with Crippen molar-refractivity contribution in [3.8, 4) is 11.5 Å². The first-order valence-corrected chi connectivity index (χ1v) is 10.4. The van der Waals surface area contributed by atoms with E-state index < -0.39 is 0 Å². The third-order valence-corrected chi connectivity index (χ3v) is 5.61. The van der Waals surface area contributed by atoms with E-state index in [2.05, 4.69) is 25.4 Å². The first kappa shape index (κ1) is 19.4. The Hall–Kier alpha value is -2.91. The second-order valence-electron chi connectivity index (χ2n) is 6.56. The van der Waals surface area contributed by atoms with Crippen LogP contribution < -0.4 is 10.2 Å². The number of pyridine rings is 1. The van der Waals surface area contributed by atoms with Gasteiger partial charge in [0.15, 0.2) is 11.0 Å². The van der Waals surface area contributed by atoms with Crippen LogP contribution in [0.1, 0.15) is 0 Å². The molecule has 4 rings (SSSR count). The molecule has 0 unspecified atom stereocenters. The first-order chi connectivity index (χ1) is 14.2. The minimum atomic E-state index is -0.0866. The predicted molar refractivity (Wildman–Crippen MR) is 113 cm³/mol. The zero-order valence-electron chi connectivity index (χ0n) is 16.1. The number of hydrogen-bond donors (Lipinski definition) is 1. The summed E-state index contributed by atoms with van der Waals surface area (Å²) in [4.78, 5) is 18.9. The number of carbonyl (C=O) groups is 1. The molecule has 0 bridgehead atoms. The zero-order valence-corrected chi connectivity index (χ0v) is 16.9. The third kappa shape index (κ3) is 4.75. The van der Waals surface area contributed by atoms with Crippen molar-refractivity contribution in [3.63, 3.8) is 0 Å². The van der Waals surface area contributed by atoms with Crippen LogP contribution in [0.4, 0.5) is 11.4 Å². The Morgan fingerprint density at radius 1 is 1.14 bits per heavy atom. The average Bonchev–Trinajstić information content (AvgIpc) is 3.14. The van der Waals surface area contributed by atoms with E-state index in [9.17, 15) is 4.79 Å². The average molecular weight is 411 g/mol. The Kier molecular flexibility index (Phi) is 6.06. The third-order valence-electron chi connectivity index (χ3n) is 4.59. The fourth-order valence-corrected chi connectivity index (χ4v) is 3.77. The summed E-state index contributed by atoms with van der Waals surface area (Å²) >= 11 is 1.34. The summed E-state index contributed by atoms with van der Waals surface area (Å²) < 4.78 is 7.22. The van der Waals surface area contributed by atoms with Crippen LogP contribution in [0.5, 0.6) is 0 Å². The van der Waals surface area contributed by atoms with Gasteiger partial charge in [-0.05, 0) is 36.4 Å². The first-order valence-electron chi connectivity index (χ1n) is 9.37. The summed E-state index contributed by atoms with van der Waals surface area (Å²) in [6.07, 6.45) is 1.72. The highest BCUT2D eigenvalue weighted by molar-refractivity contribution is 7.99. The molecule has 1 aromatic carbocycles. The number of nitrogens with one attached hydrogen (secondary N) is 1. The van der Waals surface area contributed by atoms with Gasteiger partial charge in [0.2, 0.25) is 5.91 Å². The number of nitrogens with zero attached hydrogens (tertiary/aromatic N) is 5. The van der Waals surface area contributed by atoms with Crippen LogP contribution in [0.25, 0.3) is 11.5 Å². The monoisotopic (exact) mass is 410 g/mol. The van der Waals surface area contributed by atoms with Crippen molar-refractivity contribution < 1.29 is 9.53 Å². The number of thioether (sulfide) groups is 1. The van der Waals surface area contributed by atoms with Crippen LogP contribution in [-0.2, 0) is 16.6 Å². The smallest absolute Gasteiger partial charge is 0.234 e. The number of anilines is 2. The number of carbonyl (C=O) groups excluding carboxylic acids is 1. The van der Waals surface area contributed by atoms with E-state index in [1.807, 2.05) is 54.1 Å². The fraction of sp³-hybridized carbons (Fsp3) is 0.300. The number of amides is 1. The minimum absolute atomic E-state index is 0.0866. The molecule has 1 aliphatic heterocycles. The molecule has 0 radical (unpaired) electrons. The van der Waals surface area contributed by atoms with Gasteiger partial charge in [0, 0.05) is 37.7 Å². The van der Waals surface area contributed by atoms with Gasteiger partial charge in [0.1, 0.15) is 5.69 Å². The molecule has 1 saturated heterocycles. The van der Waals surface area contributed by atoms with E-state index >= 15 is 0 Å². The van der Waals surface area contributed by atoms with Gasteiger partial charge in [0.05, 0.1) is 19.0 Å². The van der Waals surface area contributed by atoms with Gasteiger partial charge in [-0.2, -0.15) is 0 Å². The Balaban J connectivity index is 1.32. The molecule has 0 saturated carbocycles. The maximum atomic E-state index is 12.3. The standard InChI is InChI=1S/C20H22N6O2S/c1-25-19(17-4-2-3-9-21-17)23-24-20(25)29-14-18(27)22-15-5-7-16(8-6-15)26-10-12-28-13-11-26/h2-9H,10-14H2,1H3,(H,22,27). The van der Waals surface area contributed by atoms with Crippen molar-refractivity contribution in [2.24, 2.45) is 7.05 Å². The molecule has 2 aromatic heterocycles. The van der Waals surface area contributed by atoms with E-state index in [1.54, 1.807) is 6.20 Å².